The van der Waals surface area contributed by atoms with Gasteiger partial charge in [-0.2, -0.15) is 0 Å². The van der Waals surface area contributed by atoms with Crippen molar-refractivity contribution >= 4 is 11.7 Å². The lowest BCUT2D eigenvalue weighted by molar-refractivity contribution is 0.102. The van der Waals surface area contributed by atoms with Crippen LogP contribution in [0.2, 0.25) is 0 Å². The van der Waals surface area contributed by atoms with Gasteiger partial charge in [-0.1, -0.05) is 29.0 Å². The summed E-state index contributed by atoms with van der Waals surface area (Å²) in [6.07, 6.45) is 3.28. The standard InChI is InChI=1S/C16H15N5O/c1-11-3-6-13(7-4-11)21-10-14(19-20-21)16(22)18-15-8-5-12(2)9-17-15/h3-10H,1-2H3,(H,17,18,22). The number of aryl methyl sites for hydroxylation is 2. The molecule has 1 N–H and O–H groups in total. The molecule has 0 saturated heterocycles. The number of hydrogen-bond donors (Lipinski definition) is 1. The molecule has 3 rings (SSSR count). The molecule has 0 aliphatic rings. The third-order valence-corrected chi connectivity index (χ3v) is 3.18. The number of rotatable bonds is 3. The molecule has 3 aromatic rings. The lowest BCUT2D eigenvalue weighted by Gasteiger charge is -2.02. The molecule has 1 aromatic carbocycles. The second-order valence-electron chi connectivity index (χ2n) is 5.06. The lowest BCUT2D eigenvalue weighted by Crippen LogP contribution is -2.13. The summed E-state index contributed by atoms with van der Waals surface area (Å²) in [5.41, 5.74) is 3.28. The maximum absolute atomic E-state index is 12.1. The Morgan fingerprint density at radius 3 is 2.45 bits per heavy atom. The van der Waals surface area contributed by atoms with E-state index in [2.05, 4.69) is 20.6 Å². The van der Waals surface area contributed by atoms with Gasteiger partial charge in [0.15, 0.2) is 5.69 Å². The first kappa shape index (κ1) is 13.9. The molecule has 2 heterocycles. The van der Waals surface area contributed by atoms with Gasteiger partial charge in [0, 0.05) is 6.20 Å². The number of anilines is 1. The SMILES string of the molecule is Cc1ccc(-n2cc(C(=O)Nc3ccc(C)cn3)nn2)cc1. The van der Waals surface area contributed by atoms with E-state index in [9.17, 15) is 4.79 Å². The fourth-order valence-electron chi connectivity index (χ4n) is 1.91. The summed E-state index contributed by atoms with van der Waals surface area (Å²) in [5, 5.41) is 10.6. The van der Waals surface area contributed by atoms with Gasteiger partial charge in [0.1, 0.15) is 5.82 Å². The number of pyridine rings is 1. The van der Waals surface area contributed by atoms with Crippen LogP contribution in [0.1, 0.15) is 21.6 Å². The minimum Gasteiger partial charge on any atom is -0.305 e. The molecule has 110 valence electrons. The van der Waals surface area contributed by atoms with Crippen LogP contribution in [0.3, 0.4) is 0 Å². The molecule has 0 spiro atoms. The Hall–Kier alpha value is -3.02. The molecular weight excluding hydrogens is 278 g/mol. The van der Waals surface area contributed by atoms with E-state index in [-0.39, 0.29) is 11.6 Å². The quantitative estimate of drug-likeness (QED) is 0.805. The van der Waals surface area contributed by atoms with Crippen molar-refractivity contribution < 1.29 is 4.79 Å². The number of carbonyl (C=O) groups is 1. The molecule has 0 radical (unpaired) electrons. The highest BCUT2D eigenvalue weighted by Crippen LogP contribution is 2.10. The molecule has 0 aliphatic heterocycles. The number of aromatic nitrogens is 4. The Morgan fingerprint density at radius 1 is 1.05 bits per heavy atom. The van der Waals surface area contributed by atoms with Crippen molar-refractivity contribution in [1.29, 1.82) is 0 Å². The predicted octanol–water partition coefficient (Wildman–Crippen LogP) is 2.53. The number of hydrogen-bond acceptors (Lipinski definition) is 4. The number of benzene rings is 1. The average molecular weight is 293 g/mol. The summed E-state index contributed by atoms with van der Waals surface area (Å²) in [6, 6.07) is 11.4. The topological polar surface area (TPSA) is 72.7 Å². The molecule has 2 aromatic heterocycles. The molecule has 0 bridgehead atoms. The van der Waals surface area contributed by atoms with Crippen LogP contribution in [0, 0.1) is 13.8 Å². The highest BCUT2D eigenvalue weighted by Gasteiger charge is 2.12. The second-order valence-corrected chi connectivity index (χ2v) is 5.06. The van der Waals surface area contributed by atoms with Crippen molar-refractivity contribution in [2.24, 2.45) is 0 Å². The maximum atomic E-state index is 12.1. The molecule has 1 amide bonds. The van der Waals surface area contributed by atoms with Crippen molar-refractivity contribution in [3.63, 3.8) is 0 Å². The first-order valence-electron chi connectivity index (χ1n) is 6.85. The summed E-state index contributed by atoms with van der Waals surface area (Å²) in [7, 11) is 0. The van der Waals surface area contributed by atoms with Crippen LogP contribution < -0.4 is 5.32 Å². The van der Waals surface area contributed by atoms with E-state index in [0.29, 0.717) is 5.82 Å². The van der Waals surface area contributed by atoms with Crippen LogP contribution in [-0.2, 0) is 0 Å². The summed E-state index contributed by atoms with van der Waals surface area (Å²) in [5.74, 6) is 0.148. The maximum Gasteiger partial charge on any atom is 0.279 e. The molecule has 6 heteroatoms. The van der Waals surface area contributed by atoms with E-state index in [0.717, 1.165) is 16.8 Å². The number of nitrogens with zero attached hydrogens (tertiary/aromatic N) is 4. The minimum atomic E-state index is -0.338. The van der Waals surface area contributed by atoms with Gasteiger partial charge >= 0.3 is 0 Å². The van der Waals surface area contributed by atoms with Crippen LogP contribution in [0.25, 0.3) is 5.69 Å². The van der Waals surface area contributed by atoms with Crippen molar-refractivity contribution in [2.45, 2.75) is 13.8 Å². The molecule has 0 aliphatic carbocycles. The zero-order valence-corrected chi connectivity index (χ0v) is 12.3. The van der Waals surface area contributed by atoms with Gasteiger partial charge in [0.25, 0.3) is 5.91 Å². The van der Waals surface area contributed by atoms with Crippen LogP contribution in [0.5, 0.6) is 0 Å². The van der Waals surface area contributed by atoms with Crippen LogP contribution >= 0.6 is 0 Å². The van der Waals surface area contributed by atoms with E-state index >= 15 is 0 Å². The highest BCUT2D eigenvalue weighted by atomic mass is 16.2. The number of amides is 1. The Morgan fingerprint density at radius 2 is 1.77 bits per heavy atom. The zero-order valence-electron chi connectivity index (χ0n) is 12.3. The zero-order chi connectivity index (χ0) is 15.5. The van der Waals surface area contributed by atoms with Crippen molar-refractivity contribution in [2.75, 3.05) is 5.32 Å². The van der Waals surface area contributed by atoms with Crippen molar-refractivity contribution in [3.8, 4) is 5.69 Å². The van der Waals surface area contributed by atoms with E-state index in [1.54, 1.807) is 23.1 Å². The second kappa shape index (κ2) is 5.77. The summed E-state index contributed by atoms with van der Waals surface area (Å²) >= 11 is 0. The highest BCUT2D eigenvalue weighted by molar-refractivity contribution is 6.02. The third-order valence-electron chi connectivity index (χ3n) is 3.18. The Kier molecular flexibility index (Phi) is 3.65. The normalized spacial score (nSPS) is 10.5. The van der Waals surface area contributed by atoms with Gasteiger partial charge < -0.3 is 5.32 Å². The molecule has 0 saturated carbocycles. The van der Waals surface area contributed by atoms with Gasteiger partial charge in [-0.3, -0.25) is 4.79 Å². The van der Waals surface area contributed by atoms with Crippen LogP contribution in [0.15, 0.2) is 48.8 Å². The van der Waals surface area contributed by atoms with Crippen molar-refractivity contribution in [1.82, 2.24) is 20.0 Å². The molecule has 0 atom stereocenters. The first-order chi connectivity index (χ1) is 10.6. The largest absolute Gasteiger partial charge is 0.305 e. The molecule has 0 unspecified atom stereocenters. The van der Waals surface area contributed by atoms with E-state index < -0.39 is 0 Å². The van der Waals surface area contributed by atoms with Gasteiger partial charge in [0.2, 0.25) is 0 Å². The van der Waals surface area contributed by atoms with Crippen LogP contribution in [0.4, 0.5) is 5.82 Å². The van der Waals surface area contributed by atoms with Gasteiger partial charge in [-0.05, 0) is 37.6 Å². The summed E-state index contributed by atoms with van der Waals surface area (Å²) < 4.78 is 1.57. The fourth-order valence-corrected chi connectivity index (χ4v) is 1.91. The Labute approximate surface area is 127 Å². The summed E-state index contributed by atoms with van der Waals surface area (Å²) in [4.78, 5) is 16.3. The van der Waals surface area contributed by atoms with Gasteiger partial charge in [-0.15, -0.1) is 5.10 Å². The molecular formula is C16H15N5O. The third kappa shape index (κ3) is 3.01. The predicted molar refractivity (Wildman–Crippen MR) is 83.0 cm³/mol. The van der Waals surface area contributed by atoms with E-state index in [1.807, 2.05) is 44.2 Å². The Bertz CT molecular complexity index is 790. The number of carbonyl (C=O) groups excluding carboxylic acids is 1. The van der Waals surface area contributed by atoms with E-state index in [4.69, 9.17) is 0 Å². The number of nitrogens with one attached hydrogen (secondary N) is 1. The molecule has 0 fully saturated rings. The van der Waals surface area contributed by atoms with Crippen LogP contribution in [-0.4, -0.2) is 25.9 Å². The average Bonchev–Trinajstić information content (AvgIpc) is 3.00. The molecule has 6 nitrogen and oxygen atoms in total. The lowest BCUT2D eigenvalue weighted by atomic mass is 10.2. The molecule has 22 heavy (non-hydrogen) atoms. The minimum absolute atomic E-state index is 0.239. The monoisotopic (exact) mass is 293 g/mol. The van der Waals surface area contributed by atoms with Gasteiger partial charge in [-0.25, -0.2) is 9.67 Å². The first-order valence-corrected chi connectivity index (χ1v) is 6.85. The Balaban J connectivity index is 1.76. The summed E-state index contributed by atoms with van der Waals surface area (Å²) in [6.45, 7) is 3.95. The van der Waals surface area contributed by atoms with E-state index in [1.165, 1.54) is 0 Å². The van der Waals surface area contributed by atoms with Crippen molar-refractivity contribution in [3.05, 3.63) is 65.6 Å². The van der Waals surface area contributed by atoms with Gasteiger partial charge in [0.05, 0.1) is 11.9 Å². The fraction of sp³-hybridized carbons (Fsp3) is 0.125. The smallest absolute Gasteiger partial charge is 0.279 e.